The maximum atomic E-state index is 11.8. The molecule has 1 aliphatic rings. The first kappa shape index (κ1) is 12.9. The van der Waals surface area contributed by atoms with Gasteiger partial charge in [0.25, 0.3) is 0 Å². The summed E-state index contributed by atoms with van der Waals surface area (Å²) in [6.07, 6.45) is 0.0805. The molecule has 2 N–H and O–H groups in total. The molecule has 1 heterocycles. The van der Waals surface area contributed by atoms with Crippen LogP contribution in [0.4, 0.5) is 4.79 Å². The molecule has 16 heavy (non-hydrogen) atoms. The van der Waals surface area contributed by atoms with Crippen molar-refractivity contribution < 1.29 is 14.6 Å². The molecule has 1 fully saturated rings. The minimum atomic E-state index is -0.548. The Balaban J connectivity index is 2.64. The Morgan fingerprint density at radius 3 is 2.69 bits per heavy atom. The van der Waals surface area contributed by atoms with E-state index >= 15 is 0 Å². The molecule has 0 aromatic heterocycles. The van der Waals surface area contributed by atoms with E-state index in [1.165, 1.54) is 4.90 Å². The zero-order valence-corrected chi connectivity index (χ0v) is 9.93. The Morgan fingerprint density at radius 2 is 2.25 bits per heavy atom. The summed E-state index contributed by atoms with van der Waals surface area (Å²) in [6, 6.07) is -0.501. The number of hydrogen-bond donors (Lipinski definition) is 2. The lowest BCUT2D eigenvalue weighted by Crippen LogP contribution is -2.41. The zero-order valence-electron chi connectivity index (χ0n) is 9.93. The van der Waals surface area contributed by atoms with Crippen molar-refractivity contribution in [3.8, 4) is 0 Å². The van der Waals surface area contributed by atoms with Gasteiger partial charge in [0, 0.05) is 6.54 Å². The van der Waals surface area contributed by atoms with Crippen LogP contribution in [-0.2, 0) is 4.74 Å². The maximum Gasteiger partial charge on any atom is 0.410 e. The van der Waals surface area contributed by atoms with Crippen molar-refractivity contribution in [1.82, 2.24) is 4.90 Å². The molecule has 1 saturated heterocycles. The number of nitrogens with zero attached hydrogens (tertiary/aromatic N) is 2. The second kappa shape index (κ2) is 4.78. The average molecular weight is 229 g/mol. The third kappa shape index (κ3) is 3.16. The van der Waals surface area contributed by atoms with Crippen molar-refractivity contribution in [2.45, 2.75) is 44.9 Å². The molecule has 0 aromatic rings. The van der Waals surface area contributed by atoms with Crippen molar-refractivity contribution in [2.75, 3.05) is 13.2 Å². The molecule has 6 heteroatoms. The number of nitrogens with one attached hydrogen (secondary N) is 1. The lowest BCUT2D eigenvalue weighted by Gasteiger charge is -2.27. The highest BCUT2D eigenvalue weighted by molar-refractivity contribution is 5.69. The first-order valence-corrected chi connectivity index (χ1v) is 5.34. The second-order valence-electron chi connectivity index (χ2n) is 4.99. The number of carbonyl (C=O) groups excluding carboxylic acids is 1. The number of carbonyl (C=O) groups is 1. The largest absolute Gasteiger partial charge is 0.444 e. The van der Waals surface area contributed by atoms with Crippen molar-refractivity contribution in [3.63, 3.8) is 0 Å². The van der Waals surface area contributed by atoms with Crippen LogP contribution in [0.15, 0.2) is 5.11 Å². The fourth-order valence-corrected chi connectivity index (χ4v) is 1.70. The monoisotopic (exact) mass is 229 g/mol. The SMILES string of the molecule is CC(C)(C)OC(=O)N1C[C@@H](N=N)C[C@H]1CO. The minimum Gasteiger partial charge on any atom is -0.444 e. The quantitative estimate of drug-likeness (QED) is 0.701. The highest BCUT2D eigenvalue weighted by atomic mass is 16.6. The Labute approximate surface area is 95.1 Å². The predicted octanol–water partition coefficient (Wildman–Crippen LogP) is 1.39. The summed E-state index contributed by atoms with van der Waals surface area (Å²) < 4.78 is 5.22. The molecule has 2 atom stereocenters. The highest BCUT2D eigenvalue weighted by Gasteiger charge is 2.37. The number of rotatable bonds is 2. The number of aliphatic hydroxyl groups excluding tert-OH is 1. The molecular formula is C10H19N3O3. The standard InChI is InChI=1S/C10H19N3O3/c1-10(2,3)16-9(15)13-5-7(12-11)4-8(13)6-14/h7-8,11,14H,4-6H2,1-3H3/t7-,8-/m0/s1. The van der Waals surface area contributed by atoms with E-state index in [4.69, 9.17) is 15.4 Å². The summed E-state index contributed by atoms with van der Waals surface area (Å²) in [5.41, 5.74) is 6.39. The Hall–Kier alpha value is -1.17. The van der Waals surface area contributed by atoms with Crippen LogP contribution in [0, 0.1) is 5.53 Å². The van der Waals surface area contributed by atoms with Gasteiger partial charge in [-0.1, -0.05) is 0 Å². The molecule has 92 valence electrons. The molecule has 0 aliphatic carbocycles. The summed E-state index contributed by atoms with van der Waals surface area (Å²) >= 11 is 0. The van der Waals surface area contributed by atoms with Gasteiger partial charge in [-0.25, -0.2) is 10.3 Å². The number of hydrogen-bond acceptors (Lipinski definition) is 5. The van der Waals surface area contributed by atoms with E-state index in [1.807, 2.05) is 0 Å². The average Bonchev–Trinajstić information content (AvgIpc) is 2.58. The molecule has 0 aromatic carbocycles. The molecule has 0 bridgehead atoms. The Bertz CT molecular complexity index is 275. The van der Waals surface area contributed by atoms with E-state index in [2.05, 4.69) is 5.11 Å². The lowest BCUT2D eigenvalue weighted by atomic mass is 10.2. The van der Waals surface area contributed by atoms with E-state index < -0.39 is 11.7 Å². The third-order valence-corrected chi connectivity index (χ3v) is 2.41. The first-order valence-electron chi connectivity index (χ1n) is 5.34. The van der Waals surface area contributed by atoms with Gasteiger partial charge in [0.15, 0.2) is 0 Å². The number of ether oxygens (including phenoxy) is 1. The summed E-state index contributed by atoms with van der Waals surface area (Å²) in [6.45, 7) is 5.61. The van der Waals surface area contributed by atoms with Gasteiger partial charge in [-0.05, 0) is 27.2 Å². The summed E-state index contributed by atoms with van der Waals surface area (Å²) in [7, 11) is 0. The predicted molar refractivity (Wildman–Crippen MR) is 57.4 cm³/mol. The number of aliphatic hydroxyl groups is 1. The van der Waals surface area contributed by atoms with Crippen LogP contribution in [0.25, 0.3) is 0 Å². The smallest absolute Gasteiger partial charge is 0.410 e. The van der Waals surface area contributed by atoms with Crippen LogP contribution >= 0.6 is 0 Å². The number of likely N-dealkylation sites (tertiary alicyclic amines) is 1. The Kier molecular flexibility index (Phi) is 3.85. The van der Waals surface area contributed by atoms with Crippen LogP contribution < -0.4 is 0 Å². The minimum absolute atomic E-state index is 0.120. The van der Waals surface area contributed by atoms with E-state index in [9.17, 15) is 4.79 Å². The molecule has 0 unspecified atom stereocenters. The van der Waals surface area contributed by atoms with Gasteiger partial charge in [-0.2, -0.15) is 5.11 Å². The number of amides is 1. The first-order chi connectivity index (χ1) is 7.37. The topological polar surface area (TPSA) is 86.0 Å². The molecule has 1 amide bonds. The van der Waals surface area contributed by atoms with Gasteiger partial charge in [-0.3, -0.25) is 0 Å². The summed E-state index contributed by atoms with van der Waals surface area (Å²) in [5.74, 6) is 0. The zero-order chi connectivity index (χ0) is 12.3. The fraction of sp³-hybridized carbons (Fsp3) is 0.900. The van der Waals surface area contributed by atoms with E-state index in [-0.39, 0.29) is 18.7 Å². The Morgan fingerprint density at radius 1 is 1.62 bits per heavy atom. The second-order valence-corrected chi connectivity index (χ2v) is 4.99. The van der Waals surface area contributed by atoms with E-state index in [1.54, 1.807) is 20.8 Å². The van der Waals surface area contributed by atoms with Gasteiger partial charge < -0.3 is 14.7 Å². The van der Waals surface area contributed by atoms with E-state index in [0.717, 1.165) is 0 Å². The summed E-state index contributed by atoms with van der Waals surface area (Å²) in [4.78, 5) is 13.2. The van der Waals surface area contributed by atoms with Crippen molar-refractivity contribution >= 4 is 6.09 Å². The lowest BCUT2D eigenvalue weighted by molar-refractivity contribution is 0.0174. The molecule has 0 saturated carbocycles. The van der Waals surface area contributed by atoms with E-state index in [0.29, 0.717) is 13.0 Å². The maximum absolute atomic E-state index is 11.8. The van der Waals surface area contributed by atoms with Crippen LogP contribution in [0.2, 0.25) is 0 Å². The molecule has 6 nitrogen and oxygen atoms in total. The van der Waals surface area contributed by atoms with Crippen molar-refractivity contribution in [1.29, 1.82) is 5.53 Å². The molecule has 1 aliphatic heterocycles. The van der Waals surface area contributed by atoms with Gasteiger partial charge >= 0.3 is 6.09 Å². The van der Waals surface area contributed by atoms with Gasteiger partial charge in [0.1, 0.15) is 5.60 Å². The summed E-state index contributed by atoms with van der Waals surface area (Å²) in [5, 5.41) is 12.5. The third-order valence-electron chi connectivity index (χ3n) is 2.41. The fourth-order valence-electron chi connectivity index (χ4n) is 1.70. The van der Waals surface area contributed by atoms with Gasteiger partial charge in [0.2, 0.25) is 0 Å². The van der Waals surface area contributed by atoms with Crippen LogP contribution in [0.3, 0.4) is 0 Å². The normalized spacial score (nSPS) is 25.6. The molecule has 0 radical (unpaired) electrons. The van der Waals surface area contributed by atoms with Gasteiger partial charge in [-0.15, -0.1) is 0 Å². The van der Waals surface area contributed by atoms with Crippen LogP contribution in [0.5, 0.6) is 0 Å². The molecule has 1 rings (SSSR count). The highest BCUT2D eigenvalue weighted by Crippen LogP contribution is 2.22. The van der Waals surface area contributed by atoms with Gasteiger partial charge in [0.05, 0.1) is 18.7 Å². The van der Waals surface area contributed by atoms with Crippen LogP contribution in [0.1, 0.15) is 27.2 Å². The van der Waals surface area contributed by atoms with Crippen molar-refractivity contribution in [3.05, 3.63) is 0 Å². The van der Waals surface area contributed by atoms with Crippen molar-refractivity contribution in [2.24, 2.45) is 5.11 Å². The van der Waals surface area contributed by atoms with Crippen LogP contribution in [-0.4, -0.2) is 46.9 Å². The molecular weight excluding hydrogens is 210 g/mol. The molecule has 0 spiro atoms.